The minimum Gasteiger partial charge on any atom is -0.411 e. The summed E-state index contributed by atoms with van der Waals surface area (Å²) in [6.45, 7) is 12.6. The van der Waals surface area contributed by atoms with Gasteiger partial charge in [-0.3, -0.25) is 0 Å². The standard InChI is InChI=1S/2C7H15NS2.Fe/c2*1-3-5-8(6-4-2)7(9)10;/h2*3-6H2,1-2H3,(H,9,10);/q;;+2/p-2. The summed E-state index contributed by atoms with van der Waals surface area (Å²) < 4.78 is 1.23. The fraction of sp³-hybridized carbons (Fsp3) is 0.857. The molecule has 0 saturated carbocycles. The monoisotopic (exact) mass is 408 g/mol. The number of thiocarbonyl (C=S) groups is 2. The van der Waals surface area contributed by atoms with E-state index in [2.05, 4.69) is 37.5 Å². The summed E-state index contributed by atoms with van der Waals surface area (Å²) in [6.07, 6.45) is 4.49. The minimum atomic E-state index is 0. The first-order valence-electron chi connectivity index (χ1n) is 7.36. The average Bonchev–Trinajstić information content (AvgIpc) is 2.38. The summed E-state index contributed by atoms with van der Waals surface area (Å²) in [5.74, 6) is 0. The molecule has 2 nitrogen and oxygen atoms in total. The van der Waals surface area contributed by atoms with Crippen LogP contribution in [0.3, 0.4) is 0 Å². The first-order valence-corrected chi connectivity index (χ1v) is 8.99. The topological polar surface area (TPSA) is 6.48 Å². The zero-order valence-electron chi connectivity index (χ0n) is 13.5. The summed E-state index contributed by atoms with van der Waals surface area (Å²) >= 11 is 19.6. The van der Waals surface area contributed by atoms with Gasteiger partial charge in [-0.1, -0.05) is 36.3 Å². The number of hydrogen-bond acceptors (Lipinski definition) is 4. The fourth-order valence-corrected chi connectivity index (χ4v) is 2.40. The Labute approximate surface area is 164 Å². The third-order valence-electron chi connectivity index (χ3n) is 2.49. The molecule has 0 aliphatic heterocycles. The molecule has 0 aromatic heterocycles. The largest absolute Gasteiger partial charge is 2.00 e. The Hall–Kier alpha value is 0.739. The van der Waals surface area contributed by atoms with Crippen LogP contribution in [0, 0.1) is 0 Å². The average molecular weight is 409 g/mol. The van der Waals surface area contributed by atoms with Crippen molar-refractivity contribution in [1.82, 2.24) is 9.80 Å². The molecule has 0 aliphatic rings. The zero-order valence-corrected chi connectivity index (χ0v) is 17.9. The summed E-state index contributed by atoms with van der Waals surface area (Å²) in [4.78, 5) is 4.15. The van der Waals surface area contributed by atoms with Gasteiger partial charge in [-0.15, -0.1) is 0 Å². The molecule has 7 heteroatoms. The van der Waals surface area contributed by atoms with Crippen LogP contribution in [0.1, 0.15) is 53.4 Å². The fourth-order valence-electron chi connectivity index (χ4n) is 1.67. The minimum absolute atomic E-state index is 0. The van der Waals surface area contributed by atoms with Crippen LogP contribution in [-0.2, 0) is 42.3 Å². The van der Waals surface area contributed by atoms with Crippen LogP contribution in [0.5, 0.6) is 0 Å². The molecule has 0 saturated heterocycles. The van der Waals surface area contributed by atoms with Crippen LogP contribution in [0.2, 0.25) is 0 Å². The molecule has 0 atom stereocenters. The Morgan fingerprint density at radius 1 is 0.667 bits per heavy atom. The quantitative estimate of drug-likeness (QED) is 0.339. The van der Waals surface area contributed by atoms with Crippen molar-refractivity contribution in [3.8, 4) is 0 Å². The molecular formula is C14H28FeN2S4. The van der Waals surface area contributed by atoms with Gasteiger partial charge in [0.1, 0.15) is 0 Å². The van der Waals surface area contributed by atoms with Crippen LogP contribution in [0.15, 0.2) is 0 Å². The molecule has 0 fully saturated rings. The van der Waals surface area contributed by atoms with Gasteiger partial charge in [0.15, 0.2) is 0 Å². The van der Waals surface area contributed by atoms with Gasteiger partial charge in [0.2, 0.25) is 0 Å². The molecule has 0 rings (SSSR count). The maximum Gasteiger partial charge on any atom is 2.00 e. The van der Waals surface area contributed by atoms with Crippen molar-refractivity contribution in [3.05, 3.63) is 0 Å². The van der Waals surface area contributed by atoms with Crippen LogP contribution < -0.4 is 0 Å². The first kappa shape index (κ1) is 26.6. The van der Waals surface area contributed by atoms with Gasteiger partial charge in [-0.05, 0) is 25.7 Å². The third kappa shape index (κ3) is 16.9. The van der Waals surface area contributed by atoms with Gasteiger partial charge in [0.25, 0.3) is 0 Å². The second kappa shape index (κ2) is 18.8. The van der Waals surface area contributed by atoms with Gasteiger partial charge in [0.05, 0.1) is 0 Å². The van der Waals surface area contributed by atoms with Crippen molar-refractivity contribution in [2.75, 3.05) is 26.2 Å². The molecule has 0 aromatic carbocycles. The van der Waals surface area contributed by atoms with E-state index < -0.39 is 0 Å². The van der Waals surface area contributed by atoms with Gasteiger partial charge in [0, 0.05) is 26.2 Å². The Kier molecular flexibility index (Phi) is 23.8. The molecule has 126 valence electrons. The van der Waals surface area contributed by atoms with Crippen molar-refractivity contribution in [1.29, 1.82) is 0 Å². The van der Waals surface area contributed by atoms with E-state index in [-0.39, 0.29) is 17.1 Å². The Bertz CT molecular complexity index is 227. The Balaban J connectivity index is -0.000000295. The van der Waals surface area contributed by atoms with Crippen molar-refractivity contribution in [2.24, 2.45) is 0 Å². The summed E-state index contributed by atoms with van der Waals surface area (Å²) in [5.41, 5.74) is 0. The Morgan fingerprint density at radius 2 is 0.857 bits per heavy atom. The van der Waals surface area contributed by atoms with E-state index in [1.165, 1.54) is 0 Å². The summed E-state index contributed by atoms with van der Waals surface area (Å²) in [5, 5.41) is 0. The molecule has 0 radical (unpaired) electrons. The predicted octanol–water partition coefficient (Wildman–Crippen LogP) is 3.88. The molecular weight excluding hydrogens is 380 g/mol. The van der Waals surface area contributed by atoms with Gasteiger partial charge < -0.3 is 59.5 Å². The molecule has 21 heavy (non-hydrogen) atoms. The predicted molar refractivity (Wildman–Crippen MR) is 104 cm³/mol. The van der Waals surface area contributed by atoms with Crippen LogP contribution >= 0.6 is 24.4 Å². The van der Waals surface area contributed by atoms with E-state index in [1.54, 1.807) is 0 Å². The smallest absolute Gasteiger partial charge is 0.411 e. The van der Waals surface area contributed by atoms with E-state index in [4.69, 9.17) is 49.7 Å². The molecule has 0 aromatic rings. The van der Waals surface area contributed by atoms with E-state index in [1.807, 2.05) is 0 Å². The van der Waals surface area contributed by atoms with E-state index in [9.17, 15) is 0 Å². The van der Waals surface area contributed by atoms with Crippen LogP contribution in [-0.4, -0.2) is 44.6 Å². The molecule has 0 unspecified atom stereocenters. The third-order valence-corrected chi connectivity index (χ3v) is 3.52. The zero-order chi connectivity index (χ0) is 16.0. The Morgan fingerprint density at radius 3 is 0.952 bits per heavy atom. The maximum atomic E-state index is 4.89. The molecule has 0 heterocycles. The molecule has 0 N–H and O–H groups in total. The van der Waals surface area contributed by atoms with Crippen molar-refractivity contribution >= 4 is 58.3 Å². The summed E-state index contributed by atoms with van der Waals surface area (Å²) in [7, 11) is 0. The number of rotatable bonds is 8. The number of hydrogen-bond donors (Lipinski definition) is 0. The summed E-state index contributed by atoms with van der Waals surface area (Å²) in [6, 6.07) is 0. The van der Waals surface area contributed by atoms with Crippen molar-refractivity contribution in [3.63, 3.8) is 0 Å². The van der Waals surface area contributed by atoms with E-state index >= 15 is 0 Å². The molecule has 0 amide bonds. The van der Waals surface area contributed by atoms with Gasteiger partial charge in [-0.2, -0.15) is 0 Å². The first-order chi connectivity index (χ1) is 9.44. The SMILES string of the molecule is CCCN(CCC)C(=S)[S-].CCCN(CCC)C(=S)[S-].[Fe+2]. The second-order valence-corrected chi connectivity index (χ2v) is 6.57. The van der Waals surface area contributed by atoms with E-state index in [0.29, 0.717) is 8.64 Å². The molecule has 0 aliphatic carbocycles. The molecule has 0 bridgehead atoms. The second-order valence-electron chi connectivity index (χ2n) is 4.51. The van der Waals surface area contributed by atoms with Crippen LogP contribution in [0.25, 0.3) is 0 Å². The molecule has 0 spiro atoms. The number of nitrogens with zero attached hydrogens (tertiary/aromatic N) is 2. The van der Waals surface area contributed by atoms with Crippen LogP contribution in [0.4, 0.5) is 0 Å². The van der Waals surface area contributed by atoms with E-state index in [0.717, 1.165) is 51.9 Å². The normalized spacial score (nSPS) is 8.95. The van der Waals surface area contributed by atoms with Gasteiger partial charge in [-0.25, -0.2) is 0 Å². The van der Waals surface area contributed by atoms with Crippen molar-refractivity contribution < 1.29 is 17.1 Å². The maximum absolute atomic E-state index is 4.89. The van der Waals surface area contributed by atoms with Gasteiger partial charge >= 0.3 is 17.1 Å². The van der Waals surface area contributed by atoms with Crippen molar-refractivity contribution in [2.45, 2.75) is 53.4 Å².